The first-order chi connectivity index (χ1) is 16.0. The van der Waals surface area contributed by atoms with E-state index in [2.05, 4.69) is 0 Å². The molecule has 1 aliphatic rings. The Kier molecular flexibility index (Phi) is 6.89. The molecule has 1 aliphatic heterocycles. The number of carbonyl (C=O) groups excluding carboxylic acids is 2. The van der Waals surface area contributed by atoms with Crippen molar-refractivity contribution < 1.29 is 23.8 Å². The van der Waals surface area contributed by atoms with E-state index in [1.54, 1.807) is 25.3 Å². The zero-order chi connectivity index (χ0) is 23.4. The van der Waals surface area contributed by atoms with Crippen LogP contribution in [0, 0.1) is 0 Å². The minimum Gasteiger partial charge on any atom is -0.493 e. The Morgan fingerprint density at radius 2 is 1.76 bits per heavy atom. The number of hydrogen-bond acceptors (Lipinski definition) is 6. The maximum atomic E-state index is 12.8. The second kappa shape index (κ2) is 10.0. The molecule has 0 N–H and O–H groups in total. The van der Waals surface area contributed by atoms with Crippen molar-refractivity contribution in [2.75, 3.05) is 20.3 Å². The second-order valence-corrected chi connectivity index (χ2v) is 8.73. The maximum absolute atomic E-state index is 12.8. The van der Waals surface area contributed by atoms with E-state index >= 15 is 0 Å². The van der Waals surface area contributed by atoms with Gasteiger partial charge in [0.25, 0.3) is 11.1 Å². The number of fused-ring (bicyclic) bond motifs is 1. The van der Waals surface area contributed by atoms with E-state index in [0.29, 0.717) is 16.4 Å². The summed E-state index contributed by atoms with van der Waals surface area (Å²) in [5.41, 5.74) is 0.750. The number of rotatable bonds is 8. The van der Waals surface area contributed by atoms with Crippen LogP contribution in [0.15, 0.2) is 65.6 Å². The predicted octanol–water partition coefficient (Wildman–Crippen LogP) is 5.75. The molecule has 0 aromatic heterocycles. The van der Waals surface area contributed by atoms with Crippen molar-refractivity contribution in [1.82, 2.24) is 4.90 Å². The Bertz CT molecular complexity index is 1220. The molecule has 7 heteroatoms. The lowest BCUT2D eigenvalue weighted by molar-refractivity contribution is -0.123. The summed E-state index contributed by atoms with van der Waals surface area (Å²) in [6.07, 6.45) is 1.70. The molecule has 4 rings (SSSR count). The molecule has 2 amide bonds. The number of ether oxygens (including phenoxy) is 3. The maximum Gasteiger partial charge on any atom is 0.293 e. The highest BCUT2D eigenvalue weighted by Crippen LogP contribution is 2.35. The van der Waals surface area contributed by atoms with Crippen LogP contribution >= 0.6 is 11.8 Å². The second-order valence-electron chi connectivity index (χ2n) is 7.74. The Balaban J connectivity index is 1.43. The fourth-order valence-electron chi connectivity index (χ4n) is 3.54. The molecule has 170 valence electrons. The minimum atomic E-state index is -0.326. The van der Waals surface area contributed by atoms with Gasteiger partial charge in [0, 0.05) is 5.39 Å². The van der Waals surface area contributed by atoms with Gasteiger partial charge in [0.1, 0.15) is 12.4 Å². The van der Waals surface area contributed by atoms with Gasteiger partial charge < -0.3 is 14.2 Å². The Labute approximate surface area is 197 Å². The Hall–Kier alpha value is -3.45. The summed E-state index contributed by atoms with van der Waals surface area (Å²) in [6.45, 7) is 4.27. The standard InChI is InChI=1S/C26H25NO5S/c1-17(2)32-22-12-11-18(15-23(22)30-3)16-24-25(28)27(26(29)33-24)13-14-31-21-10-6-8-19-7-4-5-9-20(19)21/h4-12,15-17H,13-14H2,1-3H3/b24-16-. The van der Waals surface area contributed by atoms with E-state index in [1.165, 1.54) is 4.90 Å². The number of nitrogens with zero attached hydrogens (tertiary/aromatic N) is 1. The molecule has 0 radical (unpaired) electrons. The number of hydrogen-bond donors (Lipinski definition) is 0. The molecule has 0 aliphatic carbocycles. The van der Waals surface area contributed by atoms with Crippen LogP contribution in [-0.2, 0) is 4.79 Å². The van der Waals surface area contributed by atoms with Crippen LogP contribution in [0.5, 0.6) is 17.2 Å². The van der Waals surface area contributed by atoms with Gasteiger partial charge in [-0.3, -0.25) is 14.5 Å². The van der Waals surface area contributed by atoms with Crippen LogP contribution in [0.1, 0.15) is 19.4 Å². The van der Waals surface area contributed by atoms with Gasteiger partial charge in [-0.25, -0.2) is 0 Å². The van der Waals surface area contributed by atoms with Gasteiger partial charge in [-0.1, -0.05) is 42.5 Å². The van der Waals surface area contributed by atoms with Gasteiger partial charge in [-0.05, 0) is 60.8 Å². The van der Waals surface area contributed by atoms with Crippen LogP contribution in [0.3, 0.4) is 0 Å². The molecular weight excluding hydrogens is 438 g/mol. The summed E-state index contributed by atoms with van der Waals surface area (Å²) in [4.78, 5) is 26.9. The van der Waals surface area contributed by atoms with Crippen molar-refractivity contribution in [2.24, 2.45) is 0 Å². The summed E-state index contributed by atoms with van der Waals surface area (Å²) in [7, 11) is 1.57. The number of carbonyl (C=O) groups is 2. The van der Waals surface area contributed by atoms with E-state index < -0.39 is 0 Å². The lowest BCUT2D eigenvalue weighted by Crippen LogP contribution is -2.32. The number of benzene rings is 3. The van der Waals surface area contributed by atoms with Crippen LogP contribution in [0.4, 0.5) is 4.79 Å². The van der Waals surface area contributed by atoms with E-state index in [0.717, 1.165) is 33.8 Å². The van der Waals surface area contributed by atoms with Crippen LogP contribution < -0.4 is 14.2 Å². The van der Waals surface area contributed by atoms with Gasteiger partial charge in [-0.15, -0.1) is 0 Å². The number of methoxy groups -OCH3 is 1. The quantitative estimate of drug-likeness (QED) is 0.396. The fourth-order valence-corrected chi connectivity index (χ4v) is 4.40. The van der Waals surface area contributed by atoms with Crippen molar-refractivity contribution in [3.8, 4) is 17.2 Å². The highest BCUT2D eigenvalue weighted by molar-refractivity contribution is 8.18. The molecule has 0 bridgehead atoms. The van der Waals surface area contributed by atoms with E-state index in [9.17, 15) is 9.59 Å². The predicted molar refractivity (Wildman–Crippen MR) is 131 cm³/mol. The summed E-state index contributed by atoms with van der Waals surface area (Å²) in [5, 5.41) is 1.76. The average molecular weight is 464 g/mol. The van der Waals surface area contributed by atoms with E-state index in [1.807, 2.05) is 62.4 Å². The third-order valence-corrected chi connectivity index (χ3v) is 5.95. The monoisotopic (exact) mass is 463 g/mol. The molecule has 0 spiro atoms. The average Bonchev–Trinajstić information content (AvgIpc) is 3.07. The number of thioether (sulfide) groups is 1. The van der Waals surface area contributed by atoms with E-state index in [4.69, 9.17) is 14.2 Å². The van der Waals surface area contributed by atoms with Gasteiger partial charge in [-0.2, -0.15) is 0 Å². The first-order valence-electron chi connectivity index (χ1n) is 10.7. The summed E-state index contributed by atoms with van der Waals surface area (Å²) < 4.78 is 17.0. The molecule has 1 saturated heterocycles. The molecule has 33 heavy (non-hydrogen) atoms. The van der Waals surface area contributed by atoms with Crippen LogP contribution in [0.2, 0.25) is 0 Å². The van der Waals surface area contributed by atoms with Gasteiger partial charge in [0.2, 0.25) is 0 Å². The summed E-state index contributed by atoms with van der Waals surface area (Å²) in [6, 6.07) is 19.2. The SMILES string of the molecule is COc1cc(/C=C2\SC(=O)N(CCOc3cccc4ccccc34)C2=O)ccc1OC(C)C. The third-order valence-electron chi connectivity index (χ3n) is 5.04. The van der Waals surface area contributed by atoms with Crippen molar-refractivity contribution in [3.63, 3.8) is 0 Å². The van der Waals surface area contributed by atoms with Crippen molar-refractivity contribution >= 4 is 39.8 Å². The topological polar surface area (TPSA) is 65.1 Å². The zero-order valence-electron chi connectivity index (χ0n) is 18.7. The smallest absolute Gasteiger partial charge is 0.293 e. The summed E-state index contributed by atoms with van der Waals surface area (Å²) in [5.74, 6) is 1.60. The van der Waals surface area contributed by atoms with Crippen molar-refractivity contribution in [1.29, 1.82) is 0 Å². The highest BCUT2D eigenvalue weighted by atomic mass is 32.2. The Morgan fingerprint density at radius 1 is 0.970 bits per heavy atom. The molecular formula is C26H25NO5S. The largest absolute Gasteiger partial charge is 0.493 e. The minimum absolute atomic E-state index is 0.0114. The van der Waals surface area contributed by atoms with E-state index in [-0.39, 0.29) is 30.4 Å². The Morgan fingerprint density at radius 3 is 2.55 bits per heavy atom. The lowest BCUT2D eigenvalue weighted by atomic mass is 10.1. The first kappa shape index (κ1) is 22.7. The summed E-state index contributed by atoms with van der Waals surface area (Å²) >= 11 is 0.925. The van der Waals surface area contributed by atoms with Crippen LogP contribution in [-0.4, -0.2) is 42.4 Å². The molecule has 1 fully saturated rings. The number of imide groups is 1. The van der Waals surface area contributed by atoms with Crippen LogP contribution in [0.25, 0.3) is 16.8 Å². The molecule has 0 unspecified atom stereocenters. The lowest BCUT2D eigenvalue weighted by Gasteiger charge is -2.14. The van der Waals surface area contributed by atoms with Gasteiger partial charge >= 0.3 is 0 Å². The molecule has 6 nitrogen and oxygen atoms in total. The van der Waals surface area contributed by atoms with Gasteiger partial charge in [0.05, 0.1) is 24.7 Å². The van der Waals surface area contributed by atoms with Gasteiger partial charge in [0.15, 0.2) is 11.5 Å². The van der Waals surface area contributed by atoms with Crippen molar-refractivity contribution in [2.45, 2.75) is 20.0 Å². The zero-order valence-corrected chi connectivity index (χ0v) is 19.6. The first-order valence-corrected chi connectivity index (χ1v) is 11.5. The molecule has 1 heterocycles. The number of amides is 2. The normalized spacial score (nSPS) is 15.0. The third kappa shape index (κ3) is 5.14. The molecule has 3 aromatic carbocycles. The fraction of sp³-hybridized carbons (Fsp3) is 0.231. The molecule has 0 saturated carbocycles. The molecule has 3 aromatic rings. The highest BCUT2D eigenvalue weighted by Gasteiger charge is 2.34. The van der Waals surface area contributed by atoms with Crippen molar-refractivity contribution in [3.05, 3.63) is 71.1 Å². The molecule has 0 atom stereocenters.